The standard InChI is InChI=1S/C17H17F3N2O6S2/c1-22(2)30(26,27)15-9-11(7-8-14(15)28-3)16(23)21-29(24,25)13-6-4-5-12(10-13)17(18,19)20/h4-10H,1-3H3,(H,21,23). The molecule has 0 saturated heterocycles. The first-order chi connectivity index (χ1) is 13.7. The summed E-state index contributed by atoms with van der Waals surface area (Å²) in [6, 6.07) is 6.02. The van der Waals surface area contributed by atoms with Crippen LogP contribution in [0.3, 0.4) is 0 Å². The van der Waals surface area contributed by atoms with Crippen molar-refractivity contribution in [1.82, 2.24) is 9.03 Å². The molecular formula is C17H17F3N2O6S2. The molecule has 0 radical (unpaired) electrons. The maximum atomic E-state index is 12.8. The zero-order chi connectivity index (χ0) is 22.9. The van der Waals surface area contributed by atoms with Crippen molar-refractivity contribution in [3.63, 3.8) is 0 Å². The zero-order valence-corrected chi connectivity index (χ0v) is 17.5. The van der Waals surface area contributed by atoms with Gasteiger partial charge in [0.05, 0.1) is 17.6 Å². The molecule has 2 aromatic rings. The van der Waals surface area contributed by atoms with Crippen LogP contribution in [0.5, 0.6) is 5.75 Å². The fraction of sp³-hybridized carbons (Fsp3) is 0.235. The molecular weight excluding hydrogens is 449 g/mol. The molecule has 1 amide bonds. The first-order valence-corrected chi connectivity index (χ1v) is 11.0. The smallest absolute Gasteiger partial charge is 0.416 e. The summed E-state index contributed by atoms with van der Waals surface area (Å²) in [6.45, 7) is 0. The highest BCUT2D eigenvalue weighted by Gasteiger charge is 2.32. The van der Waals surface area contributed by atoms with E-state index in [1.807, 2.05) is 0 Å². The van der Waals surface area contributed by atoms with E-state index in [-0.39, 0.29) is 16.2 Å². The molecule has 1 N–H and O–H groups in total. The highest BCUT2D eigenvalue weighted by Crippen LogP contribution is 2.31. The quantitative estimate of drug-likeness (QED) is 0.698. The van der Waals surface area contributed by atoms with Crippen LogP contribution >= 0.6 is 0 Å². The molecule has 0 unspecified atom stereocenters. The molecule has 0 saturated carbocycles. The third kappa shape index (κ3) is 4.91. The Bertz CT molecular complexity index is 1180. The number of carbonyl (C=O) groups excluding carboxylic acids is 1. The molecule has 0 aliphatic rings. The normalized spacial score (nSPS) is 12.6. The Morgan fingerprint density at radius 3 is 2.20 bits per heavy atom. The van der Waals surface area contributed by atoms with E-state index in [1.165, 1.54) is 21.2 Å². The summed E-state index contributed by atoms with van der Waals surface area (Å²) in [5.74, 6) is -1.31. The lowest BCUT2D eigenvalue weighted by molar-refractivity contribution is -0.137. The molecule has 2 rings (SSSR count). The summed E-state index contributed by atoms with van der Waals surface area (Å²) in [6.07, 6.45) is -4.78. The Hall–Kier alpha value is -2.64. The second-order valence-electron chi connectivity index (χ2n) is 6.11. The molecule has 0 spiro atoms. The van der Waals surface area contributed by atoms with Gasteiger partial charge in [-0.3, -0.25) is 4.79 Å². The molecule has 0 aromatic heterocycles. The van der Waals surface area contributed by atoms with Gasteiger partial charge in [-0.1, -0.05) is 6.07 Å². The minimum Gasteiger partial charge on any atom is -0.495 e. The Labute approximate surface area is 171 Å². The van der Waals surface area contributed by atoms with E-state index in [0.717, 1.165) is 34.6 Å². The number of benzene rings is 2. The van der Waals surface area contributed by atoms with Crippen molar-refractivity contribution in [2.75, 3.05) is 21.2 Å². The summed E-state index contributed by atoms with van der Waals surface area (Å²) in [5, 5.41) is 0. The molecule has 0 heterocycles. The molecule has 0 bridgehead atoms. The number of methoxy groups -OCH3 is 1. The van der Waals surface area contributed by atoms with Crippen LogP contribution in [0.4, 0.5) is 13.2 Å². The minimum atomic E-state index is -4.78. The lowest BCUT2D eigenvalue weighted by atomic mass is 10.2. The molecule has 0 aliphatic carbocycles. The molecule has 2 aromatic carbocycles. The van der Waals surface area contributed by atoms with Crippen LogP contribution in [0.15, 0.2) is 52.3 Å². The van der Waals surface area contributed by atoms with Gasteiger partial charge in [-0.05, 0) is 36.4 Å². The van der Waals surface area contributed by atoms with E-state index in [0.29, 0.717) is 12.1 Å². The van der Waals surface area contributed by atoms with Gasteiger partial charge in [0.1, 0.15) is 10.6 Å². The summed E-state index contributed by atoms with van der Waals surface area (Å²) < 4.78 is 95.5. The van der Waals surface area contributed by atoms with Crippen molar-refractivity contribution in [1.29, 1.82) is 0 Å². The fourth-order valence-electron chi connectivity index (χ4n) is 2.30. The highest BCUT2D eigenvalue weighted by atomic mass is 32.2. The van der Waals surface area contributed by atoms with Crippen LogP contribution in [0, 0.1) is 0 Å². The van der Waals surface area contributed by atoms with E-state index >= 15 is 0 Å². The fourth-order valence-corrected chi connectivity index (χ4v) is 4.39. The number of nitrogens with one attached hydrogen (secondary N) is 1. The van der Waals surface area contributed by atoms with Gasteiger partial charge in [-0.2, -0.15) is 13.2 Å². The van der Waals surface area contributed by atoms with Crippen LogP contribution in [-0.2, 0) is 26.2 Å². The maximum Gasteiger partial charge on any atom is 0.416 e. The number of amides is 1. The first-order valence-electron chi connectivity index (χ1n) is 8.05. The zero-order valence-electron chi connectivity index (χ0n) is 15.9. The van der Waals surface area contributed by atoms with Gasteiger partial charge >= 0.3 is 6.18 Å². The van der Waals surface area contributed by atoms with Crippen molar-refractivity contribution in [3.8, 4) is 5.75 Å². The van der Waals surface area contributed by atoms with E-state index in [1.54, 1.807) is 4.72 Å². The van der Waals surface area contributed by atoms with Gasteiger partial charge in [0.15, 0.2) is 0 Å². The van der Waals surface area contributed by atoms with Gasteiger partial charge in [-0.15, -0.1) is 0 Å². The predicted octanol–water partition coefficient (Wildman–Crippen LogP) is 2.08. The van der Waals surface area contributed by atoms with Crippen molar-refractivity contribution < 1.29 is 39.5 Å². The number of ether oxygens (including phenoxy) is 1. The van der Waals surface area contributed by atoms with Crippen molar-refractivity contribution >= 4 is 26.0 Å². The molecule has 0 fully saturated rings. The minimum absolute atomic E-state index is 0.0824. The number of rotatable bonds is 6. The Balaban J connectivity index is 2.43. The number of sulfonamides is 2. The van der Waals surface area contributed by atoms with Crippen LogP contribution in [0.25, 0.3) is 0 Å². The number of halogens is 3. The van der Waals surface area contributed by atoms with Gasteiger partial charge in [0.2, 0.25) is 10.0 Å². The molecule has 30 heavy (non-hydrogen) atoms. The Morgan fingerprint density at radius 1 is 1.03 bits per heavy atom. The van der Waals surface area contributed by atoms with Crippen LogP contribution in [0.2, 0.25) is 0 Å². The number of hydrogen-bond donors (Lipinski definition) is 1. The summed E-state index contributed by atoms with van der Waals surface area (Å²) >= 11 is 0. The van der Waals surface area contributed by atoms with E-state index in [2.05, 4.69) is 0 Å². The average Bonchev–Trinajstić information content (AvgIpc) is 2.66. The predicted molar refractivity (Wildman–Crippen MR) is 100.0 cm³/mol. The number of carbonyl (C=O) groups is 1. The number of alkyl halides is 3. The summed E-state index contributed by atoms with van der Waals surface area (Å²) in [4.78, 5) is 11.2. The summed E-state index contributed by atoms with van der Waals surface area (Å²) in [7, 11) is -4.99. The van der Waals surface area contributed by atoms with Gasteiger partial charge in [0.25, 0.3) is 15.9 Å². The molecule has 8 nitrogen and oxygen atoms in total. The van der Waals surface area contributed by atoms with E-state index < -0.39 is 42.6 Å². The highest BCUT2D eigenvalue weighted by molar-refractivity contribution is 7.90. The second-order valence-corrected chi connectivity index (χ2v) is 9.92. The number of hydrogen-bond acceptors (Lipinski definition) is 6. The Kier molecular flexibility index (Phi) is 6.49. The van der Waals surface area contributed by atoms with E-state index in [9.17, 15) is 34.8 Å². The van der Waals surface area contributed by atoms with Crippen LogP contribution < -0.4 is 9.46 Å². The van der Waals surface area contributed by atoms with Crippen LogP contribution in [-0.4, -0.2) is 48.3 Å². The first kappa shape index (κ1) is 23.6. The largest absolute Gasteiger partial charge is 0.495 e. The molecule has 0 aliphatic heterocycles. The SMILES string of the molecule is COc1ccc(C(=O)NS(=O)(=O)c2cccc(C(F)(F)F)c2)cc1S(=O)(=O)N(C)C. The van der Waals surface area contributed by atoms with Crippen molar-refractivity contribution in [2.45, 2.75) is 16.0 Å². The lowest BCUT2D eigenvalue weighted by Gasteiger charge is -2.15. The van der Waals surface area contributed by atoms with Crippen molar-refractivity contribution in [3.05, 3.63) is 53.6 Å². The molecule has 0 atom stereocenters. The maximum absolute atomic E-state index is 12.8. The van der Waals surface area contributed by atoms with Crippen LogP contribution in [0.1, 0.15) is 15.9 Å². The van der Waals surface area contributed by atoms with E-state index in [4.69, 9.17) is 4.74 Å². The molecule has 13 heteroatoms. The summed E-state index contributed by atoms with van der Waals surface area (Å²) in [5.41, 5.74) is -1.56. The van der Waals surface area contributed by atoms with Gasteiger partial charge in [0, 0.05) is 19.7 Å². The number of nitrogens with zero attached hydrogens (tertiary/aromatic N) is 1. The van der Waals surface area contributed by atoms with Crippen molar-refractivity contribution in [2.24, 2.45) is 0 Å². The second kappa shape index (κ2) is 8.24. The Morgan fingerprint density at radius 2 is 1.67 bits per heavy atom. The van der Waals surface area contributed by atoms with Gasteiger partial charge < -0.3 is 4.74 Å². The third-order valence-corrected chi connectivity index (χ3v) is 7.05. The lowest BCUT2D eigenvalue weighted by Crippen LogP contribution is -2.31. The monoisotopic (exact) mass is 466 g/mol. The average molecular weight is 466 g/mol. The van der Waals surface area contributed by atoms with Gasteiger partial charge in [-0.25, -0.2) is 25.9 Å². The topological polar surface area (TPSA) is 110 Å². The third-order valence-electron chi connectivity index (χ3n) is 3.88. The molecule has 164 valence electrons.